The van der Waals surface area contributed by atoms with Crippen molar-refractivity contribution < 1.29 is 51.8 Å². The number of para-hydroxylation sites is 1. The van der Waals surface area contributed by atoms with E-state index in [1.165, 1.54) is 12.0 Å². The molecular weight excluding hydrogens is 794 g/mol. The third-order valence-electron chi connectivity index (χ3n) is 9.03. The van der Waals surface area contributed by atoms with Crippen molar-refractivity contribution in [2.24, 2.45) is 17.3 Å². The second-order valence-corrected chi connectivity index (χ2v) is 15.8. The number of anilines is 3. The smallest absolute Gasteiger partial charge is 0.490 e. The normalized spacial score (nSPS) is 11.4. The van der Waals surface area contributed by atoms with E-state index in [2.05, 4.69) is 36.7 Å². The van der Waals surface area contributed by atoms with E-state index in [1.54, 1.807) is 48.5 Å². The van der Waals surface area contributed by atoms with Gasteiger partial charge in [-0.1, -0.05) is 78.8 Å². The van der Waals surface area contributed by atoms with Crippen molar-refractivity contribution in [1.82, 2.24) is 4.90 Å². The fourth-order valence-electron chi connectivity index (χ4n) is 5.67. The molecule has 4 amide bonds. The summed E-state index contributed by atoms with van der Waals surface area (Å²) < 4.78 is 37.1. The second kappa shape index (κ2) is 26.5. The van der Waals surface area contributed by atoms with Gasteiger partial charge in [0.2, 0.25) is 11.8 Å². The number of methoxy groups -OCH3 is 1. The van der Waals surface area contributed by atoms with E-state index in [1.807, 2.05) is 58.9 Å². The Morgan fingerprint density at radius 1 is 0.803 bits per heavy atom. The Balaban J connectivity index is 0.00000187. The molecule has 4 N–H and O–H groups in total. The van der Waals surface area contributed by atoms with E-state index in [0.29, 0.717) is 47.8 Å². The second-order valence-electron chi connectivity index (χ2n) is 15.8. The molecule has 0 spiro atoms. The van der Waals surface area contributed by atoms with Crippen LogP contribution < -0.4 is 20.7 Å². The molecule has 3 aromatic rings. The summed E-state index contributed by atoms with van der Waals surface area (Å²) >= 11 is 0. The van der Waals surface area contributed by atoms with Gasteiger partial charge in [0.25, 0.3) is 0 Å². The summed E-state index contributed by atoms with van der Waals surface area (Å²) in [5.41, 5.74) is 3.22. The highest BCUT2D eigenvalue weighted by molar-refractivity contribution is 6.02. The van der Waals surface area contributed by atoms with Crippen LogP contribution in [0, 0.1) is 24.2 Å². The van der Waals surface area contributed by atoms with Crippen LogP contribution in [0.3, 0.4) is 0 Å². The summed E-state index contributed by atoms with van der Waals surface area (Å²) in [4.78, 5) is 76.7. The molecule has 3 aromatic carbocycles. The number of aliphatic carboxylic acids is 1. The quantitative estimate of drug-likeness (QED) is 0.0863. The molecule has 0 fully saturated rings. The molecule has 0 heterocycles. The number of hydrogen-bond donors (Lipinski definition) is 4. The number of nitrogens with one attached hydrogen (secondary N) is 3. The molecule has 15 heteroatoms. The van der Waals surface area contributed by atoms with E-state index in [9.17, 15) is 37.1 Å². The van der Waals surface area contributed by atoms with Crippen molar-refractivity contribution in [3.8, 4) is 5.75 Å². The predicted octanol–water partition coefficient (Wildman–Crippen LogP) is 10.6. The molecule has 0 bridgehead atoms. The average Bonchev–Trinajstić information content (AvgIpc) is 3.19. The maximum atomic E-state index is 13.9. The third kappa shape index (κ3) is 21.9. The number of aryl methyl sites for hydroxylation is 1. The summed E-state index contributed by atoms with van der Waals surface area (Å²) in [6.07, 6.45) is -1.97. The molecule has 0 aliphatic rings. The Labute approximate surface area is 358 Å². The van der Waals surface area contributed by atoms with Crippen LogP contribution >= 0.6 is 0 Å². The monoisotopic (exact) mass is 856 g/mol. The number of hydrogen-bond acceptors (Lipinski definition) is 7. The zero-order chi connectivity index (χ0) is 46.3. The number of amides is 4. The molecular formula is C46H63F3N4O8. The van der Waals surface area contributed by atoms with E-state index in [4.69, 9.17) is 14.6 Å². The van der Waals surface area contributed by atoms with Crippen molar-refractivity contribution in [1.29, 1.82) is 0 Å². The largest absolute Gasteiger partial charge is 0.497 e. The number of Topliss-reactive ketones (excluding diaryl/α,β-unsaturated/α-hetero) is 2. The van der Waals surface area contributed by atoms with Gasteiger partial charge in [-0.05, 0) is 92.0 Å². The lowest BCUT2D eigenvalue weighted by Gasteiger charge is -2.25. The minimum absolute atomic E-state index is 0.0734. The Bertz CT molecular complexity index is 1880. The molecule has 1 unspecified atom stereocenters. The van der Waals surface area contributed by atoms with E-state index >= 15 is 0 Å². The molecule has 0 saturated heterocycles. The highest BCUT2D eigenvalue weighted by atomic mass is 19.4. The standard InChI is InChI=1S/C42H56N4O6.C2HF3O2.C2H6/c1-29(2)23-25-46(28-38(48)43-33-18-20-34(21-19-33)44-41(51)45-37-16-9-8-12-30(37)3)39(49)27-32(17-22-35(47)14-11-24-42(4,5)6)40(50)31-13-10-15-36(26-31)52-7;3-2(4,5)1(6)7;1-2/h8-10,12-13,15-16,18-21,26,29,32H,11,14,17,22-25,27-28H2,1-7H3,(H,43,48)(H2,44,45,51);(H,6,7);1-2H3. The number of alkyl halides is 3. The van der Waals surface area contributed by atoms with Crippen molar-refractivity contribution >= 4 is 52.4 Å². The Hall–Kier alpha value is -5.73. The SMILES string of the molecule is CC.COc1cccc(C(=O)C(CCC(=O)CCCC(C)(C)C)CC(=O)N(CCC(C)C)CC(=O)Nc2ccc(NC(=O)Nc3ccccc3C)cc2)c1.O=C(O)C(F)(F)F. The number of rotatable bonds is 19. The first kappa shape index (κ1) is 53.3. The van der Waals surface area contributed by atoms with Crippen LogP contribution in [0.5, 0.6) is 5.75 Å². The van der Waals surface area contributed by atoms with E-state index < -0.39 is 24.1 Å². The molecule has 0 aliphatic carbocycles. The van der Waals surface area contributed by atoms with Gasteiger partial charge in [-0.15, -0.1) is 0 Å². The molecule has 1 atom stereocenters. The fraction of sp³-hybridized carbons (Fsp3) is 0.478. The third-order valence-corrected chi connectivity index (χ3v) is 9.03. The van der Waals surface area contributed by atoms with Gasteiger partial charge in [-0.25, -0.2) is 9.59 Å². The summed E-state index contributed by atoms with van der Waals surface area (Å²) in [6, 6.07) is 20.6. The first-order valence-electron chi connectivity index (χ1n) is 20.4. The van der Waals surface area contributed by atoms with Crippen molar-refractivity contribution in [2.45, 2.75) is 107 Å². The number of benzene rings is 3. The van der Waals surface area contributed by atoms with Crippen LogP contribution in [-0.4, -0.2) is 71.8 Å². The van der Waals surface area contributed by atoms with Crippen LogP contribution in [-0.2, 0) is 19.2 Å². The number of carboxylic acids is 1. The number of carboxylic acid groups (broad SMARTS) is 1. The molecule has 336 valence electrons. The topological polar surface area (TPSA) is 171 Å². The molecule has 0 radical (unpaired) electrons. The van der Waals surface area contributed by atoms with Crippen LogP contribution in [0.25, 0.3) is 0 Å². The van der Waals surface area contributed by atoms with E-state index in [-0.39, 0.29) is 60.5 Å². The minimum Gasteiger partial charge on any atom is -0.497 e. The average molecular weight is 857 g/mol. The van der Waals surface area contributed by atoms with Gasteiger partial charge in [0, 0.05) is 54.4 Å². The first-order valence-corrected chi connectivity index (χ1v) is 20.4. The van der Waals surface area contributed by atoms with Crippen LogP contribution in [0.2, 0.25) is 0 Å². The van der Waals surface area contributed by atoms with Gasteiger partial charge in [0.1, 0.15) is 11.5 Å². The lowest BCUT2D eigenvalue weighted by atomic mass is 9.87. The fourth-order valence-corrected chi connectivity index (χ4v) is 5.67. The molecule has 61 heavy (non-hydrogen) atoms. The van der Waals surface area contributed by atoms with E-state index in [0.717, 1.165) is 18.4 Å². The summed E-state index contributed by atoms with van der Waals surface area (Å²) in [5, 5.41) is 15.6. The van der Waals surface area contributed by atoms with Crippen molar-refractivity contribution in [3.05, 3.63) is 83.9 Å². The Kier molecular flexibility index (Phi) is 23.1. The number of ketones is 2. The number of ether oxygens (including phenoxy) is 1. The number of halogens is 3. The number of carbonyl (C=O) groups is 6. The minimum atomic E-state index is -5.08. The van der Waals surface area contributed by atoms with Gasteiger partial charge < -0.3 is 30.7 Å². The first-order chi connectivity index (χ1) is 28.6. The Morgan fingerprint density at radius 3 is 1.93 bits per heavy atom. The number of nitrogens with zero attached hydrogens (tertiary/aromatic N) is 1. The van der Waals surface area contributed by atoms with Crippen LogP contribution in [0.4, 0.5) is 35.0 Å². The van der Waals surface area contributed by atoms with Gasteiger partial charge in [0.15, 0.2) is 5.78 Å². The lowest BCUT2D eigenvalue weighted by Crippen LogP contribution is -2.40. The van der Waals surface area contributed by atoms with Gasteiger partial charge in [0.05, 0.1) is 13.7 Å². The van der Waals surface area contributed by atoms with Crippen molar-refractivity contribution in [3.63, 3.8) is 0 Å². The molecule has 0 aliphatic heterocycles. The van der Waals surface area contributed by atoms with Gasteiger partial charge in [-0.3, -0.25) is 19.2 Å². The maximum absolute atomic E-state index is 13.9. The summed E-state index contributed by atoms with van der Waals surface area (Å²) in [7, 11) is 1.52. The molecule has 12 nitrogen and oxygen atoms in total. The van der Waals surface area contributed by atoms with Crippen LogP contribution in [0.15, 0.2) is 72.8 Å². The van der Waals surface area contributed by atoms with Gasteiger partial charge >= 0.3 is 18.2 Å². The summed E-state index contributed by atoms with van der Waals surface area (Å²) in [6.45, 7) is 16.6. The van der Waals surface area contributed by atoms with Crippen molar-refractivity contribution in [2.75, 3.05) is 36.1 Å². The molecule has 3 rings (SSSR count). The Morgan fingerprint density at radius 2 is 1.39 bits per heavy atom. The molecule has 0 aromatic heterocycles. The maximum Gasteiger partial charge on any atom is 0.490 e. The predicted molar refractivity (Wildman–Crippen MR) is 233 cm³/mol. The zero-order valence-corrected chi connectivity index (χ0v) is 36.8. The molecule has 0 saturated carbocycles. The highest BCUT2D eigenvalue weighted by Crippen LogP contribution is 2.25. The highest BCUT2D eigenvalue weighted by Gasteiger charge is 2.38. The van der Waals surface area contributed by atoms with Gasteiger partial charge in [-0.2, -0.15) is 13.2 Å². The summed E-state index contributed by atoms with van der Waals surface area (Å²) in [5.74, 6) is -3.56. The number of carbonyl (C=O) groups excluding carboxylic acids is 5. The zero-order valence-electron chi connectivity index (χ0n) is 36.8. The van der Waals surface area contributed by atoms with Crippen LogP contribution in [0.1, 0.15) is 109 Å². The lowest BCUT2D eigenvalue weighted by molar-refractivity contribution is -0.192. The number of urea groups is 1.